The molecule has 6 heteroatoms. The Labute approximate surface area is 98.1 Å². The number of rotatable bonds is 3. The molecule has 0 aliphatic carbocycles. The van der Waals surface area contributed by atoms with Crippen molar-refractivity contribution in [3.63, 3.8) is 0 Å². The van der Waals surface area contributed by atoms with E-state index in [4.69, 9.17) is 10.9 Å². The van der Waals surface area contributed by atoms with Crippen LogP contribution in [0.5, 0.6) is 0 Å². The molecule has 1 amide bonds. The third-order valence-electron chi connectivity index (χ3n) is 2.41. The van der Waals surface area contributed by atoms with Gasteiger partial charge in [0, 0.05) is 5.69 Å². The number of carbonyl (C=O) groups excluding carboxylic acids is 1. The molecule has 92 valence electrons. The topological polar surface area (TPSA) is 87.7 Å². The van der Waals surface area contributed by atoms with Crippen LogP contribution in [0.25, 0.3) is 0 Å². The molecule has 0 aliphatic rings. The second-order valence-electron chi connectivity index (χ2n) is 3.70. The molecule has 4 N–H and O–H groups in total. The van der Waals surface area contributed by atoms with Crippen molar-refractivity contribution in [1.82, 2.24) is 0 Å². The van der Waals surface area contributed by atoms with Gasteiger partial charge in [0.2, 0.25) is 5.91 Å². The molecule has 5 nitrogen and oxygen atoms in total. The molecule has 0 fully saturated rings. The van der Waals surface area contributed by atoms with E-state index in [2.05, 4.69) is 10.5 Å². The van der Waals surface area contributed by atoms with Gasteiger partial charge in [-0.3, -0.25) is 4.79 Å². The Balaban J connectivity index is 2.84. The molecular weight excluding hydrogens is 225 g/mol. The van der Waals surface area contributed by atoms with Gasteiger partial charge in [0.05, 0.1) is 5.92 Å². The molecule has 0 bridgehead atoms. The molecule has 1 rings (SSSR count). The van der Waals surface area contributed by atoms with Crippen molar-refractivity contribution in [2.45, 2.75) is 13.8 Å². The number of oxime groups is 1. The molecule has 0 saturated heterocycles. The lowest BCUT2D eigenvalue weighted by Gasteiger charge is -2.12. The van der Waals surface area contributed by atoms with Gasteiger partial charge in [-0.05, 0) is 31.5 Å². The van der Waals surface area contributed by atoms with E-state index in [-0.39, 0.29) is 5.84 Å². The smallest absolute Gasteiger partial charge is 0.234 e. The Bertz CT molecular complexity index is 460. The van der Waals surface area contributed by atoms with Crippen LogP contribution in [-0.4, -0.2) is 17.0 Å². The van der Waals surface area contributed by atoms with Crippen LogP contribution in [-0.2, 0) is 4.79 Å². The van der Waals surface area contributed by atoms with E-state index in [0.717, 1.165) is 5.56 Å². The van der Waals surface area contributed by atoms with E-state index in [0.29, 0.717) is 5.69 Å². The number of anilines is 1. The zero-order chi connectivity index (χ0) is 13.0. The summed E-state index contributed by atoms with van der Waals surface area (Å²) < 4.78 is 13.0. The number of hydrogen-bond donors (Lipinski definition) is 3. The maximum absolute atomic E-state index is 13.0. The molecule has 17 heavy (non-hydrogen) atoms. The van der Waals surface area contributed by atoms with E-state index in [1.807, 2.05) is 0 Å². The highest BCUT2D eigenvalue weighted by molar-refractivity contribution is 6.07. The Morgan fingerprint density at radius 3 is 2.82 bits per heavy atom. The van der Waals surface area contributed by atoms with Gasteiger partial charge in [0.25, 0.3) is 0 Å². The molecule has 1 atom stereocenters. The lowest BCUT2D eigenvalue weighted by molar-refractivity contribution is -0.117. The predicted molar refractivity (Wildman–Crippen MR) is 62.3 cm³/mol. The van der Waals surface area contributed by atoms with Crippen molar-refractivity contribution in [1.29, 1.82) is 0 Å². The average Bonchev–Trinajstić information content (AvgIpc) is 2.31. The van der Waals surface area contributed by atoms with Crippen LogP contribution in [0.1, 0.15) is 12.5 Å². The maximum Gasteiger partial charge on any atom is 0.234 e. The molecular formula is C11H14FN3O2. The minimum Gasteiger partial charge on any atom is -0.409 e. The molecule has 0 aliphatic heterocycles. The van der Waals surface area contributed by atoms with Crippen molar-refractivity contribution >= 4 is 17.4 Å². The summed E-state index contributed by atoms with van der Waals surface area (Å²) in [6, 6.07) is 4.07. The number of nitrogens with zero attached hydrogens (tertiary/aromatic N) is 1. The first-order valence-corrected chi connectivity index (χ1v) is 5.00. The van der Waals surface area contributed by atoms with Gasteiger partial charge in [-0.2, -0.15) is 0 Å². The summed E-state index contributed by atoms with van der Waals surface area (Å²) in [6.45, 7) is 3.22. The number of hydrogen-bond acceptors (Lipinski definition) is 3. The first-order valence-electron chi connectivity index (χ1n) is 5.00. The largest absolute Gasteiger partial charge is 0.409 e. The van der Waals surface area contributed by atoms with Crippen molar-refractivity contribution in [2.75, 3.05) is 5.32 Å². The van der Waals surface area contributed by atoms with Gasteiger partial charge in [-0.25, -0.2) is 4.39 Å². The van der Waals surface area contributed by atoms with Crippen LogP contribution >= 0.6 is 0 Å². The van der Waals surface area contributed by atoms with E-state index in [1.54, 1.807) is 13.0 Å². The quantitative estimate of drug-likeness (QED) is 0.323. The summed E-state index contributed by atoms with van der Waals surface area (Å²) in [4.78, 5) is 11.7. The fourth-order valence-corrected chi connectivity index (χ4v) is 1.19. The number of amidine groups is 1. The van der Waals surface area contributed by atoms with Gasteiger partial charge in [-0.1, -0.05) is 11.2 Å². The second kappa shape index (κ2) is 5.29. The zero-order valence-electron chi connectivity index (χ0n) is 9.57. The van der Waals surface area contributed by atoms with Gasteiger partial charge in [0.15, 0.2) is 5.84 Å². The van der Waals surface area contributed by atoms with Crippen molar-refractivity contribution in [2.24, 2.45) is 16.8 Å². The van der Waals surface area contributed by atoms with E-state index >= 15 is 0 Å². The highest BCUT2D eigenvalue weighted by Gasteiger charge is 2.18. The van der Waals surface area contributed by atoms with Crippen LogP contribution in [0, 0.1) is 18.7 Å². The molecule has 0 spiro atoms. The number of nitrogens with one attached hydrogen (secondary N) is 1. The van der Waals surface area contributed by atoms with Crippen molar-refractivity contribution in [3.8, 4) is 0 Å². The number of halogens is 1. The lowest BCUT2D eigenvalue weighted by atomic mass is 10.1. The molecule has 0 heterocycles. The van der Waals surface area contributed by atoms with Crippen molar-refractivity contribution in [3.05, 3.63) is 29.6 Å². The third kappa shape index (κ3) is 3.17. The Hall–Kier alpha value is -2.11. The Kier molecular flexibility index (Phi) is 4.03. The fourth-order valence-electron chi connectivity index (χ4n) is 1.19. The fraction of sp³-hybridized carbons (Fsp3) is 0.273. The molecule has 1 aromatic carbocycles. The molecule has 1 aromatic rings. The second-order valence-corrected chi connectivity index (χ2v) is 3.70. The normalized spacial score (nSPS) is 13.2. The van der Waals surface area contributed by atoms with E-state index in [1.165, 1.54) is 19.1 Å². The number of amides is 1. The highest BCUT2D eigenvalue weighted by Crippen LogP contribution is 2.16. The van der Waals surface area contributed by atoms with Crippen LogP contribution in [0.4, 0.5) is 10.1 Å². The lowest BCUT2D eigenvalue weighted by Crippen LogP contribution is -2.32. The van der Waals surface area contributed by atoms with Crippen LogP contribution in [0.3, 0.4) is 0 Å². The summed E-state index contributed by atoms with van der Waals surface area (Å²) in [7, 11) is 0. The maximum atomic E-state index is 13.0. The van der Waals surface area contributed by atoms with Crippen molar-refractivity contribution < 1.29 is 14.4 Å². The Morgan fingerprint density at radius 2 is 2.24 bits per heavy atom. The molecule has 0 radical (unpaired) electrons. The summed E-state index contributed by atoms with van der Waals surface area (Å²) in [5.41, 5.74) is 6.40. The highest BCUT2D eigenvalue weighted by atomic mass is 19.1. The molecule has 0 aromatic heterocycles. The number of carbonyl (C=O) groups is 1. The van der Waals surface area contributed by atoms with Crippen LogP contribution < -0.4 is 11.1 Å². The van der Waals surface area contributed by atoms with Crippen LogP contribution in [0.15, 0.2) is 23.4 Å². The van der Waals surface area contributed by atoms with E-state index < -0.39 is 17.6 Å². The first-order chi connectivity index (χ1) is 7.95. The van der Waals surface area contributed by atoms with E-state index in [9.17, 15) is 9.18 Å². The number of nitrogens with two attached hydrogens (primary N) is 1. The Morgan fingerprint density at radius 1 is 1.59 bits per heavy atom. The summed E-state index contributed by atoms with van der Waals surface area (Å²) >= 11 is 0. The SMILES string of the molecule is Cc1ccc(F)cc1NC(=O)C(C)C(N)=NO. The number of aryl methyl sites for hydroxylation is 1. The van der Waals surface area contributed by atoms with Gasteiger partial charge >= 0.3 is 0 Å². The van der Waals surface area contributed by atoms with Gasteiger partial charge in [-0.15, -0.1) is 0 Å². The molecule has 1 unspecified atom stereocenters. The zero-order valence-corrected chi connectivity index (χ0v) is 9.57. The summed E-state index contributed by atoms with van der Waals surface area (Å²) in [6.07, 6.45) is 0. The number of benzene rings is 1. The predicted octanol–water partition coefficient (Wildman–Crippen LogP) is 1.46. The summed E-state index contributed by atoms with van der Waals surface area (Å²) in [5, 5.41) is 13.7. The monoisotopic (exact) mass is 239 g/mol. The molecule has 0 saturated carbocycles. The average molecular weight is 239 g/mol. The third-order valence-corrected chi connectivity index (χ3v) is 2.41. The standard InChI is InChI=1S/C11H14FN3O2/c1-6-3-4-8(12)5-9(6)14-11(16)7(2)10(13)15-17/h3-5,7,17H,1-2H3,(H2,13,15)(H,14,16). The first kappa shape index (κ1) is 13.0. The minimum atomic E-state index is -0.789. The summed E-state index contributed by atoms with van der Waals surface area (Å²) in [5.74, 6) is -1.89. The van der Waals surface area contributed by atoms with Gasteiger partial charge < -0.3 is 16.3 Å². The minimum absolute atomic E-state index is 0.198. The van der Waals surface area contributed by atoms with Gasteiger partial charge in [0.1, 0.15) is 5.82 Å². The van der Waals surface area contributed by atoms with Crippen LogP contribution in [0.2, 0.25) is 0 Å².